The van der Waals surface area contributed by atoms with Gasteiger partial charge in [0.2, 0.25) is 0 Å². The first kappa shape index (κ1) is 14.9. The summed E-state index contributed by atoms with van der Waals surface area (Å²) >= 11 is 0. The maximum Gasteiger partial charge on any atom is 0.159 e. The molecule has 116 valence electrons. The molecular weight excluding hydrogens is 278 g/mol. The number of nitrogens with one attached hydrogen (secondary N) is 1. The van der Waals surface area contributed by atoms with Crippen LogP contribution in [0, 0.1) is 5.92 Å². The van der Waals surface area contributed by atoms with E-state index in [0.717, 1.165) is 43.7 Å². The van der Waals surface area contributed by atoms with E-state index in [1.807, 2.05) is 24.3 Å². The predicted octanol–water partition coefficient (Wildman–Crippen LogP) is 2.01. The molecule has 5 nitrogen and oxygen atoms in total. The quantitative estimate of drug-likeness (QED) is 0.884. The highest BCUT2D eigenvalue weighted by Crippen LogP contribution is 2.19. The van der Waals surface area contributed by atoms with Gasteiger partial charge >= 0.3 is 0 Å². The number of hydrogen-bond acceptors (Lipinski definition) is 5. The largest absolute Gasteiger partial charge is 0.490 e. The Kier molecular flexibility index (Phi) is 4.98. The molecule has 0 spiro atoms. The first-order chi connectivity index (χ1) is 10.8. The standard InChI is InChI=1S/C17H21N3O2/c21-11-14-2-1-3-15(8-14)17-19-9-16(10-20-17)22-12-13-4-6-18-7-5-13/h1-3,8-10,13,18,21H,4-7,11-12H2. The van der Waals surface area contributed by atoms with E-state index in [0.29, 0.717) is 17.5 Å². The maximum absolute atomic E-state index is 9.18. The van der Waals surface area contributed by atoms with Crippen molar-refractivity contribution in [1.82, 2.24) is 15.3 Å². The van der Waals surface area contributed by atoms with Crippen molar-refractivity contribution in [1.29, 1.82) is 0 Å². The molecule has 0 radical (unpaired) electrons. The fourth-order valence-electron chi connectivity index (χ4n) is 2.61. The van der Waals surface area contributed by atoms with Crippen LogP contribution in [-0.4, -0.2) is 34.8 Å². The van der Waals surface area contributed by atoms with Crippen LogP contribution in [0.15, 0.2) is 36.7 Å². The molecule has 1 saturated heterocycles. The van der Waals surface area contributed by atoms with Crippen molar-refractivity contribution in [2.24, 2.45) is 5.92 Å². The Hall–Kier alpha value is -1.98. The minimum Gasteiger partial charge on any atom is -0.490 e. The molecule has 0 bridgehead atoms. The normalized spacial score (nSPS) is 15.7. The molecule has 1 fully saturated rings. The lowest BCUT2D eigenvalue weighted by Gasteiger charge is -2.22. The smallest absolute Gasteiger partial charge is 0.159 e. The maximum atomic E-state index is 9.18. The molecule has 0 unspecified atom stereocenters. The molecule has 1 aliphatic rings. The second-order valence-electron chi connectivity index (χ2n) is 5.61. The Morgan fingerprint density at radius 1 is 1.18 bits per heavy atom. The van der Waals surface area contributed by atoms with Crippen LogP contribution in [-0.2, 0) is 6.61 Å². The Morgan fingerprint density at radius 3 is 2.68 bits per heavy atom. The SMILES string of the molecule is OCc1cccc(-c2ncc(OCC3CCNCC3)cn2)c1. The summed E-state index contributed by atoms with van der Waals surface area (Å²) in [6.07, 6.45) is 5.75. The number of benzene rings is 1. The molecule has 0 aliphatic carbocycles. The number of aromatic nitrogens is 2. The van der Waals surface area contributed by atoms with Gasteiger partial charge in [0.05, 0.1) is 25.6 Å². The molecule has 1 aliphatic heterocycles. The van der Waals surface area contributed by atoms with Gasteiger partial charge in [-0.1, -0.05) is 18.2 Å². The summed E-state index contributed by atoms with van der Waals surface area (Å²) in [5.41, 5.74) is 1.75. The first-order valence-corrected chi connectivity index (χ1v) is 7.71. The summed E-state index contributed by atoms with van der Waals surface area (Å²) in [5, 5.41) is 12.5. The number of rotatable bonds is 5. The van der Waals surface area contributed by atoms with Crippen molar-refractivity contribution in [2.75, 3.05) is 19.7 Å². The molecule has 5 heteroatoms. The molecule has 0 amide bonds. The third-order valence-electron chi connectivity index (χ3n) is 3.94. The van der Waals surface area contributed by atoms with Gasteiger partial charge < -0.3 is 15.2 Å². The van der Waals surface area contributed by atoms with Crippen molar-refractivity contribution < 1.29 is 9.84 Å². The lowest BCUT2D eigenvalue weighted by Crippen LogP contribution is -2.30. The summed E-state index contributed by atoms with van der Waals surface area (Å²) in [5.74, 6) is 1.97. The monoisotopic (exact) mass is 299 g/mol. The summed E-state index contributed by atoms with van der Waals surface area (Å²) in [6, 6.07) is 7.60. The molecule has 0 saturated carbocycles. The zero-order valence-electron chi connectivity index (χ0n) is 12.5. The number of nitrogens with zero attached hydrogens (tertiary/aromatic N) is 2. The highest BCUT2D eigenvalue weighted by molar-refractivity contribution is 5.55. The second-order valence-corrected chi connectivity index (χ2v) is 5.61. The fraction of sp³-hybridized carbons (Fsp3) is 0.412. The van der Waals surface area contributed by atoms with Gasteiger partial charge in [-0.25, -0.2) is 9.97 Å². The van der Waals surface area contributed by atoms with Crippen LogP contribution in [0.1, 0.15) is 18.4 Å². The van der Waals surface area contributed by atoms with E-state index in [1.165, 1.54) is 0 Å². The van der Waals surface area contributed by atoms with Crippen LogP contribution in [0.5, 0.6) is 5.75 Å². The van der Waals surface area contributed by atoms with Crippen molar-refractivity contribution in [3.05, 3.63) is 42.2 Å². The number of aliphatic hydroxyl groups excluding tert-OH is 1. The van der Waals surface area contributed by atoms with Gasteiger partial charge in [-0.3, -0.25) is 0 Å². The van der Waals surface area contributed by atoms with Crippen molar-refractivity contribution >= 4 is 0 Å². The zero-order valence-corrected chi connectivity index (χ0v) is 12.5. The van der Waals surface area contributed by atoms with Crippen molar-refractivity contribution in [2.45, 2.75) is 19.4 Å². The van der Waals surface area contributed by atoms with E-state index in [-0.39, 0.29) is 6.61 Å². The Bertz CT molecular complexity index is 595. The van der Waals surface area contributed by atoms with E-state index < -0.39 is 0 Å². The topological polar surface area (TPSA) is 67.3 Å². The Labute approximate surface area is 130 Å². The second kappa shape index (κ2) is 7.33. The summed E-state index contributed by atoms with van der Waals surface area (Å²) in [6.45, 7) is 2.89. The summed E-state index contributed by atoms with van der Waals surface area (Å²) in [7, 11) is 0. The third kappa shape index (κ3) is 3.81. The molecule has 22 heavy (non-hydrogen) atoms. The van der Waals surface area contributed by atoms with E-state index in [2.05, 4.69) is 15.3 Å². The Balaban J connectivity index is 1.61. The van der Waals surface area contributed by atoms with Gasteiger partial charge in [0, 0.05) is 5.56 Å². The zero-order chi connectivity index (χ0) is 15.2. The average Bonchev–Trinajstić information content (AvgIpc) is 2.61. The molecule has 1 aromatic heterocycles. The van der Waals surface area contributed by atoms with Gasteiger partial charge in [-0.05, 0) is 43.5 Å². The van der Waals surface area contributed by atoms with Crippen molar-refractivity contribution in [3.63, 3.8) is 0 Å². The van der Waals surface area contributed by atoms with Gasteiger partial charge in [0.1, 0.15) is 0 Å². The number of ether oxygens (including phenoxy) is 1. The van der Waals surface area contributed by atoms with Crippen LogP contribution in [0.4, 0.5) is 0 Å². The number of hydrogen-bond donors (Lipinski definition) is 2. The van der Waals surface area contributed by atoms with Crippen LogP contribution in [0.2, 0.25) is 0 Å². The van der Waals surface area contributed by atoms with Gasteiger partial charge in [0.25, 0.3) is 0 Å². The lowest BCUT2D eigenvalue weighted by atomic mass is 9.99. The Morgan fingerprint density at radius 2 is 1.95 bits per heavy atom. The highest BCUT2D eigenvalue weighted by atomic mass is 16.5. The van der Waals surface area contributed by atoms with Gasteiger partial charge in [-0.2, -0.15) is 0 Å². The minimum absolute atomic E-state index is 0.0191. The van der Waals surface area contributed by atoms with Crippen LogP contribution in [0.3, 0.4) is 0 Å². The molecule has 0 atom stereocenters. The van der Waals surface area contributed by atoms with Crippen molar-refractivity contribution in [3.8, 4) is 17.1 Å². The summed E-state index contributed by atoms with van der Waals surface area (Å²) in [4.78, 5) is 8.72. The van der Waals surface area contributed by atoms with Crippen LogP contribution < -0.4 is 10.1 Å². The van der Waals surface area contributed by atoms with E-state index in [1.54, 1.807) is 12.4 Å². The summed E-state index contributed by atoms with van der Waals surface area (Å²) < 4.78 is 5.79. The fourth-order valence-corrected chi connectivity index (χ4v) is 2.61. The molecular formula is C17H21N3O2. The molecule has 1 aromatic carbocycles. The number of aliphatic hydroxyl groups is 1. The number of piperidine rings is 1. The third-order valence-corrected chi connectivity index (χ3v) is 3.94. The molecule has 2 aromatic rings. The van der Waals surface area contributed by atoms with Gasteiger partial charge in [-0.15, -0.1) is 0 Å². The molecule has 2 N–H and O–H groups in total. The first-order valence-electron chi connectivity index (χ1n) is 7.71. The highest BCUT2D eigenvalue weighted by Gasteiger charge is 2.13. The average molecular weight is 299 g/mol. The molecule has 2 heterocycles. The van der Waals surface area contributed by atoms with E-state index >= 15 is 0 Å². The lowest BCUT2D eigenvalue weighted by molar-refractivity contribution is 0.214. The van der Waals surface area contributed by atoms with E-state index in [9.17, 15) is 5.11 Å². The predicted molar refractivity (Wildman–Crippen MR) is 84.5 cm³/mol. The molecule has 3 rings (SSSR count). The van der Waals surface area contributed by atoms with Crippen LogP contribution in [0.25, 0.3) is 11.4 Å². The minimum atomic E-state index is 0.0191. The van der Waals surface area contributed by atoms with Gasteiger partial charge in [0.15, 0.2) is 11.6 Å². The van der Waals surface area contributed by atoms with Crippen LogP contribution >= 0.6 is 0 Å². The van der Waals surface area contributed by atoms with E-state index in [4.69, 9.17) is 4.74 Å².